The molecule has 0 radical (unpaired) electrons. The van der Waals surface area contributed by atoms with Gasteiger partial charge in [0.1, 0.15) is 0 Å². The molecule has 0 aromatic carbocycles. The predicted octanol–water partition coefficient (Wildman–Crippen LogP) is 2.74. The molecule has 7 heteroatoms. The van der Waals surface area contributed by atoms with Crippen LogP contribution in [0.2, 0.25) is 0 Å². The van der Waals surface area contributed by atoms with Crippen molar-refractivity contribution < 1.29 is 4.79 Å². The number of amides is 2. The average molecular weight is 345 g/mol. The van der Waals surface area contributed by atoms with Gasteiger partial charge >= 0.3 is 6.03 Å². The zero-order valence-electron chi connectivity index (χ0n) is 13.9. The van der Waals surface area contributed by atoms with Crippen LogP contribution in [0.3, 0.4) is 0 Å². The number of hydrogen-bond acceptors (Lipinski definition) is 5. The fourth-order valence-corrected chi connectivity index (χ4v) is 3.63. The Morgan fingerprint density at radius 2 is 2.25 bits per heavy atom. The minimum absolute atomic E-state index is 0.00623. The van der Waals surface area contributed by atoms with Gasteiger partial charge in [0.2, 0.25) is 5.95 Å². The van der Waals surface area contributed by atoms with Crippen molar-refractivity contribution in [1.82, 2.24) is 20.2 Å². The van der Waals surface area contributed by atoms with E-state index in [1.807, 2.05) is 29.3 Å². The lowest BCUT2D eigenvalue weighted by Gasteiger charge is -2.34. The van der Waals surface area contributed by atoms with E-state index in [2.05, 4.69) is 26.3 Å². The molecule has 0 unspecified atom stereocenters. The van der Waals surface area contributed by atoms with Crippen molar-refractivity contribution in [1.29, 1.82) is 0 Å². The Bertz CT molecular complexity index is 634. The number of hydrogen-bond donors (Lipinski definition) is 1. The smallest absolute Gasteiger partial charge is 0.317 e. The van der Waals surface area contributed by atoms with Gasteiger partial charge in [-0.1, -0.05) is 6.07 Å². The maximum absolute atomic E-state index is 12.6. The highest BCUT2D eigenvalue weighted by atomic mass is 32.1. The van der Waals surface area contributed by atoms with E-state index in [4.69, 9.17) is 0 Å². The van der Waals surface area contributed by atoms with Crippen LogP contribution in [-0.4, -0.2) is 46.6 Å². The summed E-state index contributed by atoms with van der Waals surface area (Å²) in [5.74, 6) is 0.738. The molecule has 1 saturated heterocycles. The Morgan fingerprint density at radius 1 is 1.42 bits per heavy atom. The highest BCUT2D eigenvalue weighted by Crippen LogP contribution is 2.16. The molecule has 2 aromatic rings. The van der Waals surface area contributed by atoms with E-state index in [1.165, 1.54) is 4.88 Å². The zero-order valence-corrected chi connectivity index (χ0v) is 14.7. The molecule has 0 bridgehead atoms. The summed E-state index contributed by atoms with van der Waals surface area (Å²) >= 11 is 1.68. The van der Waals surface area contributed by atoms with Crippen molar-refractivity contribution in [2.45, 2.75) is 32.4 Å². The Labute approximate surface area is 146 Å². The fraction of sp³-hybridized carbons (Fsp3) is 0.471. The van der Waals surface area contributed by atoms with E-state index in [1.54, 1.807) is 23.7 Å². The summed E-state index contributed by atoms with van der Waals surface area (Å²) in [5, 5.41) is 5.22. The molecule has 2 amide bonds. The first-order valence-corrected chi connectivity index (χ1v) is 9.24. The van der Waals surface area contributed by atoms with Crippen LogP contribution in [0.4, 0.5) is 10.7 Å². The maximum atomic E-state index is 12.6. The Morgan fingerprint density at radius 3 is 2.96 bits per heavy atom. The first-order valence-electron chi connectivity index (χ1n) is 8.36. The van der Waals surface area contributed by atoms with E-state index >= 15 is 0 Å². The highest BCUT2D eigenvalue weighted by Gasteiger charge is 2.24. The van der Waals surface area contributed by atoms with E-state index in [0.29, 0.717) is 13.1 Å². The Hall–Kier alpha value is -2.15. The van der Waals surface area contributed by atoms with Crippen LogP contribution in [0.5, 0.6) is 0 Å². The molecular formula is C17H23N5OS. The third-order valence-corrected chi connectivity index (χ3v) is 5.04. The minimum atomic E-state index is 0.00623. The Balaban J connectivity index is 1.57. The summed E-state index contributed by atoms with van der Waals surface area (Å²) in [4.78, 5) is 26.4. The van der Waals surface area contributed by atoms with Gasteiger partial charge in [0, 0.05) is 42.9 Å². The maximum Gasteiger partial charge on any atom is 0.317 e. The van der Waals surface area contributed by atoms with E-state index in [-0.39, 0.29) is 12.1 Å². The van der Waals surface area contributed by atoms with Crippen molar-refractivity contribution in [3.8, 4) is 0 Å². The van der Waals surface area contributed by atoms with Gasteiger partial charge in [-0.3, -0.25) is 0 Å². The zero-order chi connectivity index (χ0) is 16.8. The van der Waals surface area contributed by atoms with Gasteiger partial charge in [0.15, 0.2) is 0 Å². The van der Waals surface area contributed by atoms with Gasteiger partial charge in [-0.2, -0.15) is 0 Å². The van der Waals surface area contributed by atoms with Crippen LogP contribution >= 0.6 is 11.3 Å². The second-order valence-electron chi connectivity index (χ2n) is 5.88. The molecule has 1 aliphatic rings. The number of carbonyl (C=O) groups is 1. The molecule has 1 N–H and O–H groups in total. The number of anilines is 1. The number of rotatable bonds is 5. The minimum Gasteiger partial charge on any atom is -0.339 e. The number of carbonyl (C=O) groups excluding carboxylic acids is 1. The summed E-state index contributed by atoms with van der Waals surface area (Å²) in [6.45, 7) is 5.06. The van der Waals surface area contributed by atoms with Gasteiger partial charge in [0.25, 0.3) is 0 Å². The molecule has 0 saturated carbocycles. The number of urea groups is 1. The largest absolute Gasteiger partial charge is 0.339 e. The second-order valence-corrected chi connectivity index (χ2v) is 6.91. The monoisotopic (exact) mass is 345 g/mol. The van der Waals surface area contributed by atoms with Crippen LogP contribution in [0.15, 0.2) is 36.0 Å². The van der Waals surface area contributed by atoms with Crippen LogP contribution < -0.4 is 10.2 Å². The van der Waals surface area contributed by atoms with E-state index in [9.17, 15) is 4.79 Å². The molecule has 2 aromatic heterocycles. The topological polar surface area (TPSA) is 61.4 Å². The third kappa shape index (κ3) is 4.23. The average Bonchev–Trinajstić information content (AvgIpc) is 3.14. The van der Waals surface area contributed by atoms with Crippen LogP contribution in [0.1, 0.15) is 24.6 Å². The van der Waals surface area contributed by atoms with Crippen LogP contribution in [0, 0.1) is 0 Å². The molecule has 1 fully saturated rings. The number of nitrogens with zero attached hydrogens (tertiary/aromatic N) is 4. The molecule has 3 heterocycles. The third-order valence-electron chi connectivity index (χ3n) is 4.18. The van der Waals surface area contributed by atoms with Gasteiger partial charge in [0.05, 0.1) is 6.54 Å². The van der Waals surface area contributed by atoms with E-state index in [0.717, 1.165) is 31.9 Å². The molecule has 0 spiro atoms. The van der Waals surface area contributed by atoms with E-state index < -0.39 is 0 Å². The Kier molecular flexibility index (Phi) is 5.63. The SMILES string of the molecule is CCN(Cc1cccs1)C(=O)N[C@H]1CCCN(c2ncccn2)C1. The molecule has 1 aliphatic heterocycles. The van der Waals surface area contributed by atoms with Crippen molar-refractivity contribution >= 4 is 23.3 Å². The van der Waals surface area contributed by atoms with Gasteiger partial charge < -0.3 is 15.1 Å². The summed E-state index contributed by atoms with van der Waals surface area (Å²) in [5.41, 5.74) is 0. The molecule has 24 heavy (non-hydrogen) atoms. The predicted molar refractivity (Wildman–Crippen MR) is 96.2 cm³/mol. The molecule has 3 rings (SSSR count). The van der Waals surface area contributed by atoms with Gasteiger partial charge in [-0.25, -0.2) is 14.8 Å². The molecule has 6 nitrogen and oxygen atoms in total. The lowest BCUT2D eigenvalue weighted by molar-refractivity contribution is 0.192. The second kappa shape index (κ2) is 8.10. The first-order chi connectivity index (χ1) is 11.8. The number of nitrogens with one attached hydrogen (secondary N) is 1. The summed E-state index contributed by atoms with van der Waals surface area (Å²) in [6, 6.07) is 6.04. The number of thiophene rings is 1. The molecular weight excluding hydrogens is 322 g/mol. The lowest BCUT2D eigenvalue weighted by atomic mass is 10.1. The number of aromatic nitrogens is 2. The van der Waals surface area contributed by atoms with Crippen molar-refractivity contribution in [2.75, 3.05) is 24.5 Å². The van der Waals surface area contributed by atoms with Crippen molar-refractivity contribution in [2.24, 2.45) is 0 Å². The molecule has 128 valence electrons. The van der Waals surface area contributed by atoms with Gasteiger partial charge in [-0.15, -0.1) is 11.3 Å². The lowest BCUT2D eigenvalue weighted by Crippen LogP contribution is -2.51. The molecule has 1 atom stereocenters. The van der Waals surface area contributed by atoms with Crippen LogP contribution in [0.25, 0.3) is 0 Å². The quantitative estimate of drug-likeness (QED) is 0.905. The summed E-state index contributed by atoms with van der Waals surface area (Å²) in [6.07, 6.45) is 5.53. The number of piperidine rings is 1. The van der Waals surface area contributed by atoms with Crippen LogP contribution in [-0.2, 0) is 6.54 Å². The first kappa shape index (κ1) is 16.7. The molecule has 0 aliphatic carbocycles. The summed E-state index contributed by atoms with van der Waals surface area (Å²) < 4.78 is 0. The normalized spacial score (nSPS) is 17.5. The van der Waals surface area contributed by atoms with Crippen molar-refractivity contribution in [3.63, 3.8) is 0 Å². The standard InChI is InChI=1S/C17H23N5OS/c1-2-21(13-15-7-4-11-24-15)17(23)20-14-6-3-10-22(12-14)16-18-8-5-9-19-16/h4-5,7-9,11,14H,2-3,6,10,12-13H2,1H3,(H,20,23)/t14-/m0/s1. The van der Waals surface area contributed by atoms with Crippen molar-refractivity contribution in [3.05, 3.63) is 40.8 Å². The summed E-state index contributed by atoms with van der Waals surface area (Å²) in [7, 11) is 0. The highest BCUT2D eigenvalue weighted by molar-refractivity contribution is 7.09. The fourth-order valence-electron chi connectivity index (χ4n) is 2.91. The van der Waals surface area contributed by atoms with Gasteiger partial charge in [-0.05, 0) is 37.3 Å².